The molecule has 23 heavy (non-hydrogen) atoms. The average Bonchev–Trinajstić information content (AvgIpc) is 2.54. The number of primary amides is 1. The Hall–Kier alpha value is -2.43. The van der Waals surface area contributed by atoms with Crippen molar-refractivity contribution in [3.63, 3.8) is 0 Å². The molecule has 0 aliphatic carbocycles. The third-order valence-corrected chi connectivity index (χ3v) is 4.58. The molecule has 1 aliphatic rings. The first-order valence-electron chi connectivity index (χ1n) is 7.92. The lowest BCUT2D eigenvalue weighted by atomic mass is 9.95. The highest BCUT2D eigenvalue weighted by molar-refractivity contribution is 5.98. The molecule has 5 heteroatoms. The number of hydrogen-bond donors (Lipinski definition) is 1. The molecule has 2 N–H and O–H groups in total. The summed E-state index contributed by atoms with van der Waals surface area (Å²) in [6.07, 6.45) is 1.28. The fraction of sp³-hybridized carbons (Fsp3) is 0.389. The number of nitrogens with zero attached hydrogens (tertiary/aromatic N) is 2. The van der Waals surface area contributed by atoms with Crippen LogP contribution >= 0.6 is 0 Å². The molecule has 2 heterocycles. The number of pyridine rings is 1. The zero-order chi connectivity index (χ0) is 16.6. The summed E-state index contributed by atoms with van der Waals surface area (Å²) in [7, 11) is 0. The van der Waals surface area contributed by atoms with E-state index in [1.165, 1.54) is 0 Å². The number of likely N-dealkylation sites (tertiary alicyclic amines) is 1. The molecule has 0 atom stereocenters. The Balaban J connectivity index is 1.86. The van der Waals surface area contributed by atoms with Gasteiger partial charge in [-0.3, -0.25) is 14.6 Å². The highest BCUT2D eigenvalue weighted by atomic mass is 16.2. The minimum Gasteiger partial charge on any atom is -0.369 e. The van der Waals surface area contributed by atoms with Crippen molar-refractivity contribution >= 4 is 22.7 Å². The van der Waals surface area contributed by atoms with E-state index in [0.717, 1.165) is 22.2 Å². The molecule has 1 aromatic heterocycles. The number of carbonyl (C=O) groups excluding carboxylic acids is 2. The first-order chi connectivity index (χ1) is 11.0. The molecular weight excluding hydrogens is 290 g/mol. The molecule has 2 aromatic rings. The number of piperidine rings is 1. The van der Waals surface area contributed by atoms with E-state index in [1.54, 1.807) is 4.90 Å². The lowest BCUT2D eigenvalue weighted by Crippen LogP contribution is -2.42. The number of amides is 2. The highest BCUT2D eigenvalue weighted by Crippen LogP contribution is 2.22. The second-order valence-corrected chi connectivity index (χ2v) is 6.29. The van der Waals surface area contributed by atoms with Crippen LogP contribution in [0.5, 0.6) is 0 Å². The summed E-state index contributed by atoms with van der Waals surface area (Å²) in [5.41, 5.74) is 8.77. The maximum Gasteiger partial charge on any atom is 0.255 e. The molecule has 1 aromatic carbocycles. The van der Waals surface area contributed by atoms with Crippen molar-refractivity contribution < 1.29 is 9.59 Å². The van der Waals surface area contributed by atoms with E-state index in [0.29, 0.717) is 31.5 Å². The molecule has 2 amide bonds. The molecular formula is C18H21N3O2. The van der Waals surface area contributed by atoms with Crippen LogP contribution in [-0.4, -0.2) is 34.8 Å². The lowest BCUT2D eigenvalue weighted by Gasteiger charge is -2.31. The molecule has 1 fully saturated rings. The molecule has 0 unspecified atom stereocenters. The van der Waals surface area contributed by atoms with Gasteiger partial charge in [-0.25, -0.2) is 0 Å². The molecule has 0 saturated carbocycles. The lowest BCUT2D eigenvalue weighted by molar-refractivity contribution is -0.123. The Morgan fingerprint density at radius 2 is 1.87 bits per heavy atom. The second-order valence-electron chi connectivity index (χ2n) is 6.29. The molecule has 5 nitrogen and oxygen atoms in total. The van der Waals surface area contributed by atoms with Crippen LogP contribution in [0.1, 0.15) is 34.5 Å². The van der Waals surface area contributed by atoms with Crippen LogP contribution in [0.15, 0.2) is 24.3 Å². The van der Waals surface area contributed by atoms with Crippen molar-refractivity contribution in [1.29, 1.82) is 0 Å². The average molecular weight is 311 g/mol. The van der Waals surface area contributed by atoms with Crippen LogP contribution in [0.2, 0.25) is 0 Å². The molecule has 1 saturated heterocycles. The van der Waals surface area contributed by atoms with Gasteiger partial charge in [0, 0.05) is 24.4 Å². The minimum absolute atomic E-state index is 0.0127. The fourth-order valence-electron chi connectivity index (χ4n) is 3.15. The van der Waals surface area contributed by atoms with Gasteiger partial charge in [0.2, 0.25) is 5.91 Å². The predicted octanol–water partition coefficient (Wildman–Crippen LogP) is 2.19. The van der Waals surface area contributed by atoms with Gasteiger partial charge in [-0.1, -0.05) is 11.6 Å². The zero-order valence-corrected chi connectivity index (χ0v) is 13.5. The monoisotopic (exact) mass is 311 g/mol. The Labute approximate surface area is 135 Å². The zero-order valence-electron chi connectivity index (χ0n) is 13.5. The first-order valence-corrected chi connectivity index (χ1v) is 7.92. The molecule has 120 valence electrons. The van der Waals surface area contributed by atoms with E-state index >= 15 is 0 Å². The summed E-state index contributed by atoms with van der Waals surface area (Å²) in [5, 5.41) is 0.978. The summed E-state index contributed by atoms with van der Waals surface area (Å²) in [6, 6.07) is 7.96. The van der Waals surface area contributed by atoms with E-state index in [1.807, 2.05) is 38.1 Å². The molecule has 0 bridgehead atoms. The number of fused-ring (bicyclic) bond motifs is 1. The van der Waals surface area contributed by atoms with Crippen molar-refractivity contribution in [2.24, 2.45) is 11.7 Å². The number of benzene rings is 1. The van der Waals surface area contributed by atoms with Gasteiger partial charge in [-0.15, -0.1) is 0 Å². The van der Waals surface area contributed by atoms with E-state index in [-0.39, 0.29) is 17.7 Å². The summed E-state index contributed by atoms with van der Waals surface area (Å²) in [4.78, 5) is 30.4. The van der Waals surface area contributed by atoms with E-state index in [9.17, 15) is 9.59 Å². The van der Waals surface area contributed by atoms with Crippen LogP contribution < -0.4 is 5.73 Å². The van der Waals surface area contributed by atoms with Crippen molar-refractivity contribution in [2.75, 3.05) is 13.1 Å². The summed E-state index contributed by atoms with van der Waals surface area (Å²) in [6.45, 7) is 5.02. The van der Waals surface area contributed by atoms with Gasteiger partial charge >= 0.3 is 0 Å². The van der Waals surface area contributed by atoms with Crippen molar-refractivity contribution in [3.8, 4) is 0 Å². The number of aryl methyl sites for hydroxylation is 2. The fourth-order valence-corrected chi connectivity index (χ4v) is 3.15. The van der Waals surface area contributed by atoms with Gasteiger partial charge in [-0.05, 0) is 44.9 Å². The van der Waals surface area contributed by atoms with Crippen molar-refractivity contribution in [3.05, 3.63) is 41.1 Å². The van der Waals surface area contributed by atoms with Crippen LogP contribution in [0.3, 0.4) is 0 Å². The molecule has 0 spiro atoms. The SMILES string of the molecule is Cc1ccc2nc(C)c(C(=O)N3CCC(C(N)=O)CC3)cc2c1. The Bertz CT molecular complexity index is 777. The predicted molar refractivity (Wildman–Crippen MR) is 89.0 cm³/mol. The third-order valence-electron chi connectivity index (χ3n) is 4.58. The number of nitrogens with two attached hydrogens (primary N) is 1. The van der Waals surface area contributed by atoms with E-state index < -0.39 is 0 Å². The van der Waals surface area contributed by atoms with Gasteiger partial charge < -0.3 is 10.6 Å². The topological polar surface area (TPSA) is 76.3 Å². The van der Waals surface area contributed by atoms with Gasteiger partial charge in [-0.2, -0.15) is 0 Å². The number of rotatable bonds is 2. The van der Waals surface area contributed by atoms with Crippen LogP contribution in [-0.2, 0) is 4.79 Å². The Morgan fingerprint density at radius 1 is 1.17 bits per heavy atom. The standard InChI is InChI=1S/C18H21N3O2/c1-11-3-4-16-14(9-11)10-15(12(2)20-16)18(23)21-7-5-13(6-8-21)17(19)22/h3-4,9-10,13H,5-8H2,1-2H3,(H2,19,22). The minimum atomic E-state index is -0.267. The maximum absolute atomic E-state index is 12.8. The van der Waals surface area contributed by atoms with Crippen molar-refractivity contribution in [2.45, 2.75) is 26.7 Å². The Kier molecular flexibility index (Phi) is 4.03. The van der Waals surface area contributed by atoms with Crippen LogP contribution in [0, 0.1) is 19.8 Å². The number of aromatic nitrogens is 1. The quantitative estimate of drug-likeness (QED) is 0.923. The summed E-state index contributed by atoms with van der Waals surface area (Å²) in [5.74, 6) is -0.394. The van der Waals surface area contributed by atoms with Gasteiger partial charge in [0.1, 0.15) is 0 Å². The second kappa shape index (κ2) is 5.99. The van der Waals surface area contributed by atoms with E-state index in [4.69, 9.17) is 5.73 Å². The molecule has 0 radical (unpaired) electrons. The summed E-state index contributed by atoms with van der Waals surface area (Å²) >= 11 is 0. The molecule has 1 aliphatic heterocycles. The smallest absolute Gasteiger partial charge is 0.255 e. The van der Waals surface area contributed by atoms with Gasteiger partial charge in [0.05, 0.1) is 16.8 Å². The first kappa shape index (κ1) is 15.5. The largest absolute Gasteiger partial charge is 0.369 e. The van der Waals surface area contributed by atoms with Crippen LogP contribution in [0.4, 0.5) is 0 Å². The van der Waals surface area contributed by atoms with E-state index in [2.05, 4.69) is 4.98 Å². The van der Waals surface area contributed by atoms with Gasteiger partial charge in [0.15, 0.2) is 0 Å². The highest BCUT2D eigenvalue weighted by Gasteiger charge is 2.27. The summed E-state index contributed by atoms with van der Waals surface area (Å²) < 4.78 is 0. The normalized spacial score (nSPS) is 15.8. The van der Waals surface area contributed by atoms with Crippen molar-refractivity contribution in [1.82, 2.24) is 9.88 Å². The Morgan fingerprint density at radius 3 is 2.52 bits per heavy atom. The maximum atomic E-state index is 12.8. The number of carbonyl (C=O) groups is 2. The number of hydrogen-bond acceptors (Lipinski definition) is 3. The van der Waals surface area contributed by atoms with Crippen LogP contribution in [0.25, 0.3) is 10.9 Å². The van der Waals surface area contributed by atoms with Gasteiger partial charge in [0.25, 0.3) is 5.91 Å². The molecule has 3 rings (SSSR count). The third kappa shape index (κ3) is 3.04.